The second-order valence-electron chi connectivity index (χ2n) is 10.3. The molecule has 184 valence electrons. The normalized spacial score (nSPS) is 24.5. The van der Waals surface area contributed by atoms with Crippen LogP contribution in [0.1, 0.15) is 43.9 Å². The summed E-state index contributed by atoms with van der Waals surface area (Å²) in [5, 5.41) is 8.92. The van der Waals surface area contributed by atoms with Gasteiger partial charge in [0.05, 0.1) is 17.7 Å². The molecule has 2 aliphatic rings. The summed E-state index contributed by atoms with van der Waals surface area (Å²) in [4.78, 5) is 14.6. The number of likely N-dealkylation sites (tertiary alicyclic amines) is 1. The van der Waals surface area contributed by atoms with E-state index in [1.807, 2.05) is 44.2 Å². The van der Waals surface area contributed by atoms with Crippen LogP contribution in [0.15, 0.2) is 42.5 Å². The van der Waals surface area contributed by atoms with Crippen LogP contribution in [-0.2, 0) is 33.1 Å². The molecule has 8 heteroatoms. The maximum absolute atomic E-state index is 12.2. The zero-order valence-electron chi connectivity index (χ0n) is 20.4. The Morgan fingerprint density at radius 1 is 1.24 bits per heavy atom. The van der Waals surface area contributed by atoms with Gasteiger partial charge in [0.1, 0.15) is 5.75 Å². The molecule has 0 spiro atoms. The van der Waals surface area contributed by atoms with E-state index >= 15 is 0 Å². The first kappa shape index (κ1) is 24.7. The summed E-state index contributed by atoms with van der Waals surface area (Å²) in [6.45, 7) is 6.98. The third kappa shape index (κ3) is 5.14. The van der Waals surface area contributed by atoms with Crippen molar-refractivity contribution >= 4 is 21.7 Å². The quantitative estimate of drug-likeness (QED) is 0.462. The molecule has 1 aliphatic heterocycles. The highest BCUT2D eigenvalue weighted by Crippen LogP contribution is 2.46. The van der Waals surface area contributed by atoms with Crippen LogP contribution in [0.4, 0.5) is 5.69 Å². The van der Waals surface area contributed by atoms with Crippen molar-refractivity contribution in [2.24, 2.45) is 11.1 Å². The lowest BCUT2D eigenvalue weighted by Crippen LogP contribution is -2.63. The Morgan fingerprint density at radius 3 is 2.59 bits per heavy atom. The van der Waals surface area contributed by atoms with Crippen LogP contribution in [0.3, 0.4) is 0 Å². The van der Waals surface area contributed by atoms with E-state index in [0.29, 0.717) is 18.2 Å². The molecule has 34 heavy (non-hydrogen) atoms. The van der Waals surface area contributed by atoms with E-state index in [1.165, 1.54) is 11.1 Å². The number of nitrogens with two attached hydrogens (primary N) is 1. The summed E-state index contributed by atoms with van der Waals surface area (Å²) >= 11 is 0. The number of esters is 1. The van der Waals surface area contributed by atoms with Gasteiger partial charge in [-0.25, -0.2) is 13.6 Å². The molecule has 3 atom stereocenters. The number of fused-ring (bicyclic) bond motifs is 4. The molecule has 2 aromatic carbocycles. The summed E-state index contributed by atoms with van der Waals surface area (Å²) in [7, 11) is -1.30. The van der Waals surface area contributed by atoms with Gasteiger partial charge < -0.3 is 15.0 Å². The third-order valence-electron chi connectivity index (χ3n) is 7.39. The van der Waals surface area contributed by atoms with Crippen LogP contribution in [0.5, 0.6) is 5.75 Å². The number of carbonyl (C=O) groups is 1. The van der Waals surface area contributed by atoms with Crippen LogP contribution in [0.25, 0.3) is 0 Å². The number of primary sulfonamides is 1. The molecular formula is C26H35N3O4S. The average molecular weight is 486 g/mol. The van der Waals surface area contributed by atoms with Crippen LogP contribution in [0.2, 0.25) is 0 Å². The molecule has 0 aromatic heterocycles. The summed E-state index contributed by atoms with van der Waals surface area (Å²) in [6, 6.07) is 14.5. The topological polar surface area (TPSA) is 102 Å². The smallest absolute Gasteiger partial charge is 0.313 e. The van der Waals surface area contributed by atoms with Gasteiger partial charge in [0, 0.05) is 17.1 Å². The second kappa shape index (κ2) is 9.32. The number of aryl methyl sites for hydroxylation is 1. The van der Waals surface area contributed by atoms with Crippen molar-refractivity contribution in [3.05, 3.63) is 59.2 Å². The number of carbonyl (C=O) groups excluding carboxylic acids is 1. The minimum atomic E-state index is -3.48. The SMILES string of the molecule is CC(C)C(=O)Oc1ccc2c(c1)[C@@]1(C)CCN(C)C(C2)[C@@H]1Nc1ccc(CCS(N)(=O)=O)cc1. The van der Waals surface area contributed by atoms with Gasteiger partial charge in [0.25, 0.3) is 0 Å². The van der Waals surface area contributed by atoms with E-state index < -0.39 is 10.0 Å². The van der Waals surface area contributed by atoms with Gasteiger partial charge in [-0.3, -0.25) is 4.79 Å². The fraction of sp³-hybridized carbons (Fsp3) is 0.500. The average Bonchev–Trinajstić information content (AvgIpc) is 2.77. The van der Waals surface area contributed by atoms with E-state index in [1.54, 1.807) is 0 Å². The summed E-state index contributed by atoms with van der Waals surface area (Å²) < 4.78 is 28.2. The monoisotopic (exact) mass is 485 g/mol. The Bertz CT molecular complexity index is 1160. The van der Waals surface area contributed by atoms with Gasteiger partial charge >= 0.3 is 5.97 Å². The fourth-order valence-corrected chi connectivity index (χ4v) is 5.76. The summed E-state index contributed by atoms with van der Waals surface area (Å²) in [5.41, 5.74) is 4.36. The second-order valence-corrected chi connectivity index (χ2v) is 12.0. The largest absolute Gasteiger partial charge is 0.426 e. The van der Waals surface area contributed by atoms with Crippen molar-refractivity contribution in [1.82, 2.24) is 4.90 Å². The first-order chi connectivity index (χ1) is 16.0. The number of benzene rings is 2. The highest BCUT2D eigenvalue weighted by molar-refractivity contribution is 7.89. The third-order valence-corrected chi connectivity index (χ3v) is 8.16. The molecular weight excluding hydrogens is 450 g/mol. The maximum atomic E-state index is 12.2. The highest BCUT2D eigenvalue weighted by Gasteiger charge is 2.50. The van der Waals surface area contributed by atoms with Gasteiger partial charge in [0.15, 0.2) is 0 Å². The molecule has 2 aromatic rings. The Morgan fingerprint density at radius 2 is 1.94 bits per heavy atom. The minimum absolute atomic E-state index is 0.0617. The number of hydrogen-bond donors (Lipinski definition) is 2. The molecule has 0 amide bonds. The minimum Gasteiger partial charge on any atom is -0.426 e. The number of nitrogens with zero attached hydrogens (tertiary/aromatic N) is 1. The van der Waals surface area contributed by atoms with Crippen LogP contribution >= 0.6 is 0 Å². The van der Waals surface area contributed by atoms with E-state index in [4.69, 9.17) is 9.88 Å². The highest BCUT2D eigenvalue weighted by atomic mass is 32.2. The number of piperidine rings is 1. The molecule has 1 fully saturated rings. The number of hydrogen-bond acceptors (Lipinski definition) is 6. The lowest BCUT2D eigenvalue weighted by molar-refractivity contribution is -0.137. The number of sulfonamides is 1. The lowest BCUT2D eigenvalue weighted by Gasteiger charge is -2.55. The van der Waals surface area contributed by atoms with Gasteiger partial charge in [-0.1, -0.05) is 39.0 Å². The molecule has 4 rings (SSSR count). The Labute approximate surface area is 202 Å². The van der Waals surface area contributed by atoms with Crippen molar-refractivity contribution in [3.63, 3.8) is 0 Å². The zero-order chi connectivity index (χ0) is 24.7. The predicted octanol–water partition coefficient (Wildman–Crippen LogP) is 3.08. The van der Waals surface area contributed by atoms with Crippen molar-refractivity contribution in [1.29, 1.82) is 0 Å². The molecule has 3 N–H and O–H groups in total. The lowest BCUT2D eigenvalue weighted by atomic mass is 9.61. The van der Waals surface area contributed by atoms with Crippen LogP contribution in [-0.4, -0.2) is 50.7 Å². The van der Waals surface area contributed by atoms with Gasteiger partial charge in [-0.05, 0) is 73.8 Å². The van der Waals surface area contributed by atoms with E-state index in [2.05, 4.69) is 36.3 Å². The Kier molecular flexibility index (Phi) is 6.77. The molecule has 0 saturated carbocycles. The van der Waals surface area contributed by atoms with E-state index in [-0.39, 0.29) is 29.1 Å². The first-order valence-corrected chi connectivity index (χ1v) is 13.6. The number of ether oxygens (including phenoxy) is 1. The predicted molar refractivity (Wildman–Crippen MR) is 135 cm³/mol. The Hall–Kier alpha value is -2.42. The molecule has 0 radical (unpaired) electrons. The van der Waals surface area contributed by atoms with Crippen molar-refractivity contribution in [2.75, 3.05) is 24.7 Å². The van der Waals surface area contributed by atoms with Gasteiger partial charge in [-0.2, -0.15) is 0 Å². The van der Waals surface area contributed by atoms with Crippen molar-refractivity contribution in [3.8, 4) is 5.75 Å². The number of likely N-dealkylation sites (N-methyl/N-ethyl adjacent to an activating group) is 1. The summed E-state index contributed by atoms with van der Waals surface area (Å²) in [6.07, 6.45) is 2.31. The van der Waals surface area contributed by atoms with Crippen molar-refractivity contribution in [2.45, 2.75) is 57.5 Å². The number of anilines is 1. The Balaban J connectivity index is 1.59. The van der Waals surface area contributed by atoms with Gasteiger partial charge in [-0.15, -0.1) is 0 Å². The molecule has 1 saturated heterocycles. The molecule has 2 bridgehead atoms. The molecule has 1 unspecified atom stereocenters. The molecule has 1 heterocycles. The van der Waals surface area contributed by atoms with Crippen LogP contribution in [0, 0.1) is 5.92 Å². The number of rotatable bonds is 7. The zero-order valence-corrected chi connectivity index (χ0v) is 21.2. The standard InChI is InChI=1S/C26H35N3O4S/c1-17(2)25(30)33-21-10-7-19-15-23-24(26(3,22(19)16-21)12-13-29(23)4)28-20-8-5-18(6-9-20)11-14-34(27,31)32/h5-10,16-17,23-24,28H,11-15H2,1-4H3,(H2,27,31,32)/t23?,24-,26+/m0/s1. The van der Waals surface area contributed by atoms with E-state index in [0.717, 1.165) is 30.6 Å². The number of nitrogens with one attached hydrogen (secondary N) is 1. The molecule has 1 aliphatic carbocycles. The molecule has 7 nitrogen and oxygen atoms in total. The summed E-state index contributed by atoms with van der Waals surface area (Å²) in [5.74, 6) is 0.142. The maximum Gasteiger partial charge on any atom is 0.313 e. The van der Waals surface area contributed by atoms with Gasteiger partial charge in [0.2, 0.25) is 10.0 Å². The fourth-order valence-electron chi connectivity index (χ4n) is 5.24. The van der Waals surface area contributed by atoms with Crippen molar-refractivity contribution < 1.29 is 17.9 Å². The van der Waals surface area contributed by atoms with E-state index in [9.17, 15) is 13.2 Å². The first-order valence-electron chi connectivity index (χ1n) is 11.9. The van der Waals surface area contributed by atoms with Crippen LogP contribution < -0.4 is 15.2 Å².